The van der Waals surface area contributed by atoms with Crippen LogP contribution in [0.2, 0.25) is 0 Å². The van der Waals surface area contributed by atoms with Gasteiger partial charge in [-0.05, 0) is 73.7 Å². The fourth-order valence-electron chi connectivity index (χ4n) is 6.83. The van der Waals surface area contributed by atoms with Crippen molar-refractivity contribution >= 4 is 17.8 Å². The summed E-state index contributed by atoms with van der Waals surface area (Å²) in [6.07, 6.45) is 12.1. The molecule has 0 heterocycles. The zero-order valence-electron chi connectivity index (χ0n) is 21.7. The number of hydrogen-bond acceptors (Lipinski definition) is 4. The van der Waals surface area contributed by atoms with Gasteiger partial charge in [-0.2, -0.15) is 0 Å². The summed E-state index contributed by atoms with van der Waals surface area (Å²) in [5.41, 5.74) is 13.4. The van der Waals surface area contributed by atoms with Gasteiger partial charge in [0, 0.05) is 6.54 Å². The van der Waals surface area contributed by atoms with E-state index in [0.717, 1.165) is 38.5 Å². The van der Waals surface area contributed by atoms with E-state index < -0.39 is 17.4 Å². The maximum absolute atomic E-state index is 13.8. The van der Waals surface area contributed by atoms with Crippen molar-refractivity contribution in [2.24, 2.45) is 45.0 Å². The minimum atomic E-state index is -0.697. The number of nitrogens with two attached hydrogens (primary N) is 2. The molecule has 0 radical (unpaired) electrons. The van der Waals surface area contributed by atoms with Gasteiger partial charge >= 0.3 is 5.97 Å². The van der Waals surface area contributed by atoms with Crippen molar-refractivity contribution in [3.63, 3.8) is 0 Å². The van der Waals surface area contributed by atoms with E-state index in [1.165, 1.54) is 12.7 Å². The molecular formula is C27H44N4O3. The Balaban J connectivity index is 1.80. The number of allylic oxidation sites excluding steroid dienone is 4. The van der Waals surface area contributed by atoms with E-state index in [0.29, 0.717) is 31.2 Å². The number of rotatable bonds is 8. The van der Waals surface area contributed by atoms with Crippen molar-refractivity contribution in [1.82, 2.24) is 5.32 Å². The van der Waals surface area contributed by atoms with Gasteiger partial charge in [-0.3, -0.25) is 9.79 Å². The minimum Gasteiger partial charge on any atom is -0.467 e. The smallest absolute Gasteiger partial charge is 0.328 e. The van der Waals surface area contributed by atoms with E-state index in [-0.39, 0.29) is 23.2 Å². The quantitative estimate of drug-likeness (QED) is 0.215. The summed E-state index contributed by atoms with van der Waals surface area (Å²) < 4.78 is 4.98. The summed E-state index contributed by atoms with van der Waals surface area (Å²) in [6, 6.07) is -0.697. The summed E-state index contributed by atoms with van der Waals surface area (Å²) in [4.78, 5) is 30.2. The van der Waals surface area contributed by atoms with Gasteiger partial charge in [0.15, 0.2) is 5.96 Å². The fourth-order valence-corrected chi connectivity index (χ4v) is 6.83. The van der Waals surface area contributed by atoms with Gasteiger partial charge in [0.25, 0.3) is 0 Å². The van der Waals surface area contributed by atoms with Crippen LogP contribution < -0.4 is 16.8 Å². The Hall–Kier alpha value is -2.31. The summed E-state index contributed by atoms with van der Waals surface area (Å²) in [5, 5.41) is 3.05. The molecule has 34 heavy (non-hydrogen) atoms. The third-order valence-electron chi connectivity index (χ3n) is 8.83. The van der Waals surface area contributed by atoms with Crippen LogP contribution in [0.1, 0.15) is 79.1 Å². The highest BCUT2D eigenvalue weighted by atomic mass is 16.5. The SMILES string of the molecule is COC(=O)[C@@H](CCCN=C(N)N)NC(=O)[C@]1(C)CCC[C@]2(C)[C@@H]3CCC(C(C)C)=CC3=CC[C@H]21. The largest absolute Gasteiger partial charge is 0.467 e. The second-order valence-electron chi connectivity index (χ2n) is 11.2. The Kier molecular flexibility index (Phi) is 8.14. The molecule has 190 valence electrons. The molecule has 3 rings (SSSR count). The number of hydrogen-bond donors (Lipinski definition) is 3. The molecule has 0 saturated heterocycles. The van der Waals surface area contributed by atoms with Crippen LogP contribution in [-0.4, -0.2) is 37.5 Å². The lowest BCUT2D eigenvalue weighted by Crippen LogP contribution is -2.57. The van der Waals surface area contributed by atoms with Crippen molar-refractivity contribution in [1.29, 1.82) is 0 Å². The van der Waals surface area contributed by atoms with Gasteiger partial charge in [-0.15, -0.1) is 0 Å². The molecule has 1 amide bonds. The Bertz CT molecular complexity index is 873. The fraction of sp³-hybridized carbons (Fsp3) is 0.741. The van der Waals surface area contributed by atoms with Crippen molar-refractivity contribution in [2.75, 3.05) is 13.7 Å². The molecule has 7 heteroatoms. The highest BCUT2D eigenvalue weighted by Crippen LogP contribution is 2.62. The van der Waals surface area contributed by atoms with Gasteiger partial charge < -0.3 is 21.5 Å². The van der Waals surface area contributed by atoms with E-state index in [1.54, 1.807) is 5.57 Å². The monoisotopic (exact) mass is 472 g/mol. The maximum Gasteiger partial charge on any atom is 0.328 e. The van der Waals surface area contributed by atoms with Crippen LogP contribution in [0.25, 0.3) is 0 Å². The van der Waals surface area contributed by atoms with Crippen molar-refractivity contribution in [3.8, 4) is 0 Å². The van der Waals surface area contributed by atoms with E-state index in [4.69, 9.17) is 16.2 Å². The maximum atomic E-state index is 13.8. The first kappa shape index (κ1) is 26.3. The molecule has 5 atom stereocenters. The molecule has 0 aromatic rings. The van der Waals surface area contributed by atoms with Gasteiger partial charge in [-0.25, -0.2) is 4.79 Å². The summed E-state index contributed by atoms with van der Waals surface area (Å²) in [6.45, 7) is 9.47. The second kappa shape index (κ2) is 10.5. The van der Waals surface area contributed by atoms with Crippen LogP contribution in [0.4, 0.5) is 0 Å². The van der Waals surface area contributed by atoms with Crippen LogP contribution in [-0.2, 0) is 14.3 Å². The van der Waals surface area contributed by atoms with Gasteiger partial charge in [-0.1, -0.05) is 51.8 Å². The molecule has 1 saturated carbocycles. The topological polar surface area (TPSA) is 120 Å². The molecule has 3 aliphatic rings. The van der Waals surface area contributed by atoms with Crippen LogP contribution >= 0.6 is 0 Å². The van der Waals surface area contributed by atoms with E-state index in [1.807, 2.05) is 0 Å². The lowest BCUT2D eigenvalue weighted by molar-refractivity contribution is -0.151. The summed E-state index contributed by atoms with van der Waals surface area (Å²) >= 11 is 0. The molecule has 0 unspecified atom stereocenters. The number of carbonyl (C=O) groups is 2. The van der Waals surface area contributed by atoms with Crippen LogP contribution in [0.3, 0.4) is 0 Å². The Morgan fingerprint density at radius 1 is 1.26 bits per heavy atom. The third-order valence-corrected chi connectivity index (χ3v) is 8.83. The van der Waals surface area contributed by atoms with Crippen molar-refractivity contribution < 1.29 is 14.3 Å². The molecule has 1 fully saturated rings. The number of carbonyl (C=O) groups excluding carboxylic acids is 2. The van der Waals surface area contributed by atoms with Gasteiger partial charge in [0.1, 0.15) is 6.04 Å². The zero-order chi connectivity index (χ0) is 25.1. The lowest BCUT2D eigenvalue weighted by atomic mass is 9.46. The highest BCUT2D eigenvalue weighted by Gasteiger charge is 2.57. The Labute approximate surface area is 204 Å². The predicted molar refractivity (Wildman–Crippen MR) is 136 cm³/mol. The highest BCUT2D eigenvalue weighted by molar-refractivity contribution is 5.88. The lowest BCUT2D eigenvalue weighted by Gasteiger charge is -2.57. The number of esters is 1. The molecule has 0 aromatic heterocycles. The number of nitrogens with one attached hydrogen (secondary N) is 1. The molecule has 0 aromatic carbocycles. The van der Waals surface area contributed by atoms with E-state index in [9.17, 15) is 9.59 Å². The second-order valence-corrected chi connectivity index (χ2v) is 11.2. The number of nitrogens with zero attached hydrogens (tertiary/aromatic N) is 1. The standard InChI is InChI=1S/C27H44N4O3/c1-17(2)18-9-11-20-19(16-18)10-12-22-26(20,3)13-7-14-27(22,4)24(33)31-21(23(32)34-5)8-6-15-30-25(28)29/h10,16-17,20-22H,6-9,11-15H2,1-5H3,(H,31,33)(H4,28,29,30)/t20-,21-,22-,26-,27-/m1/s1. The zero-order valence-corrected chi connectivity index (χ0v) is 21.7. The molecule has 7 nitrogen and oxygen atoms in total. The normalized spacial score (nSPS) is 31.4. The first-order valence-corrected chi connectivity index (χ1v) is 12.9. The first-order valence-electron chi connectivity index (χ1n) is 12.9. The van der Waals surface area contributed by atoms with Crippen molar-refractivity contribution in [2.45, 2.75) is 85.1 Å². The Morgan fingerprint density at radius 2 is 2.00 bits per heavy atom. The Morgan fingerprint density at radius 3 is 2.65 bits per heavy atom. The van der Waals surface area contributed by atoms with E-state index in [2.05, 4.69) is 50.2 Å². The van der Waals surface area contributed by atoms with Gasteiger partial charge in [0.05, 0.1) is 12.5 Å². The summed E-state index contributed by atoms with van der Waals surface area (Å²) in [5.74, 6) is 0.887. The predicted octanol–water partition coefficient (Wildman–Crippen LogP) is 3.83. The molecule has 0 spiro atoms. The number of aliphatic imine (C=N–C) groups is 1. The minimum absolute atomic E-state index is 0.0236. The molecule has 5 N–H and O–H groups in total. The molecule has 0 bridgehead atoms. The third kappa shape index (κ3) is 5.18. The number of fused-ring (bicyclic) bond motifs is 3. The molecule has 0 aliphatic heterocycles. The first-order chi connectivity index (χ1) is 16.0. The van der Waals surface area contributed by atoms with Crippen molar-refractivity contribution in [3.05, 3.63) is 23.3 Å². The van der Waals surface area contributed by atoms with Gasteiger partial charge in [0.2, 0.25) is 5.91 Å². The van der Waals surface area contributed by atoms with Crippen LogP contribution in [0, 0.1) is 28.6 Å². The molecular weight excluding hydrogens is 428 g/mol. The number of ether oxygens (including phenoxy) is 1. The van der Waals surface area contributed by atoms with Crippen LogP contribution in [0.15, 0.2) is 28.3 Å². The molecule has 3 aliphatic carbocycles. The van der Waals surface area contributed by atoms with Crippen LogP contribution in [0.5, 0.6) is 0 Å². The number of guanidine groups is 1. The number of amides is 1. The summed E-state index contributed by atoms with van der Waals surface area (Å²) in [7, 11) is 1.35. The number of methoxy groups -OCH3 is 1. The average molecular weight is 473 g/mol. The average Bonchev–Trinajstić information content (AvgIpc) is 2.79. The van der Waals surface area contributed by atoms with E-state index >= 15 is 0 Å².